The van der Waals surface area contributed by atoms with E-state index in [2.05, 4.69) is 6.07 Å². The summed E-state index contributed by atoms with van der Waals surface area (Å²) in [4.78, 5) is 14.7. The van der Waals surface area contributed by atoms with Gasteiger partial charge >= 0.3 is 0 Å². The summed E-state index contributed by atoms with van der Waals surface area (Å²) >= 11 is 0. The first-order valence-corrected chi connectivity index (χ1v) is 8.06. The lowest BCUT2D eigenvalue weighted by Gasteiger charge is -2.20. The van der Waals surface area contributed by atoms with Crippen molar-refractivity contribution in [2.24, 2.45) is 0 Å². The van der Waals surface area contributed by atoms with Gasteiger partial charge in [0.25, 0.3) is 5.91 Å². The molecule has 0 saturated carbocycles. The Hall–Kier alpha value is -3.12. The van der Waals surface area contributed by atoms with Gasteiger partial charge in [-0.1, -0.05) is 66.7 Å². The lowest BCUT2D eigenvalue weighted by atomic mass is 9.98. The van der Waals surface area contributed by atoms with Crippen molar-refractivity contribution in [3.8, 4) is 6.07 Å². The number of carbonyl (C=O) groups excluding carboxylic acids is 1. The highest BCUT2D eigenvalue weighted by Crippen LogP contribution is 2.37. The van der Waals surface area contributed by atoms with Gasteiger partial charge in [-0.3, -0.25) is 4.79 Å². The number of fused-ring (bicyclic) bond motifs is 3. The van der Waals surface area contributed by atoms with Crippen LogP contribution in [0.25, 0.3) is 10.8 Å². The second-order valence-electron chi connectivity index (χ2n) is 6.02. The van der Waals surface area contributed by atoms with Gasteiger partial charge < -0.3 is 4.90 Å². The second-order valence-corrected chi connectivity index (χ2v) is 6.02. The highest BCUT2D eigenvalue weighted by atomic mass is 16.2. The normalized spacial score (nSPS) is 16.2. The van der Waals surface area contributed by atoms with Crippen molar-refractivity contribution in [1.82, 2.24) is 4.90 Å². The maximum absolute atomic E-state index is 13.0. The van der Waals surface area contributed by atoms with Crippen molar-refractivity contribution in [3.05, 3.63) is 83.4 Å². The van der Waals surface area contributed by atoms with E-state index in [1.807, 2.05) is 66.7 Å². The van der Waals surface area contributed by atoms with Crippen molar-refractivity contribution in [2.75, 3.05) is 6.54 Å². The van der Waals surface area contributed by atoms with Crippen LogP contribution in [0.3, 0.4) is 0 Å². The van der Waals surface area contributed by atoms with Crippen LogP contribution in [0.5, 0.6) is 0 Å². The summed E-state index contributed by atoms with van der Waals surface area (Å²) in [5, 5.41) is 11.6. The van der Waals surface area contributed by atoms with E-state index < -0.39 is 6.04 Å². The van der Waals surface area contributed by atoms with E-state index in [4.69, 9.17) is 0 Å². The fraction of sp³-hybridized carbons (Fsp3) is 0.143. The number of carbonyl (C=O) groups is 1. The maximum Gasteiger partial charge on any atom is 0.256 e. The predicted molar refractivity (Wildman–Crippen MR) is 93.5 cm³/mol. The van der Waals surface area contributed by atoms with Gasteiger partial charge in [-0.15, -0.1) is 0 Å². The van der Waals surface area contributed by atoms with Crippen molar-refractivity contribution < 1.29 is 4.79 Å². The molecule has 1 heterocycles. The summed E-state index contributed by atoms with van der Waals surface area (Å²) in [6.45, 7) is 0.546. The van der Waals surface area contributed by atoms with Gasteiger partial charge in [-0.2, -0.15) is 5.26 Å². The Labute approximate surface area is 140 Å². The average Bonchev–Trinajstić information content (AvgIpc) is 2.92. The molecule has 1 unspecified atom stereocenters. The zero-order chi connectivity index (χ0) is 16.5. The summed E-state index contributed by atoms with van der Waals surface area (Å²) in [6.07, 6.45) is 0.747. The minimum atomic E-state index is -0.499. The standard InChI is InChI=1S/C21H16N2O/c22-14-19-18-11-10-16-8-4-5-9-17(16)20(18)21(24)23(19)13-12-15-6-2-1-3-7-15/h1-11,19H,12-13H2. The molecular weight excluding hydrogens is 296 g/mol. The quantitative estimate of drug-likeness (QED) is 0.730. The third kappa shape index (κ3) is 2.24. The van der Waals surface area contributed by atoms with Gasteiger partial charge in [0.05, 0.1) is 11.6 Å². The molecule has 0 fully saturated rings. The largest absolute Gasteiger partial charge is 0.318 e. The van der Waals surface area contributed by atoms with Gasteiger partial charge in [0.1, 0.15) is 6.04 Å². The van der Waals surface area contributed by atoms with Crippen LogP contribution >= 0.6 is 0 Å². The maximum atomic E-state index is 13.0. The predicted octanol–water partition coefficient (Wildman–Crippen LogP) is 4.10. The molecule has 3 nitrogen and oxygen atoms in total. The molecule has 0 aromatic heterocycles. The summed E-state index contributed by atoms with van der Waals surface area (Å²) in [5.41, 5.74) is 2.68. The monoisotopic (exact) mass is 312 g/mol. The van der Waals surface area contributed by atoms with Crippen molar-refractivity contribution in [2.45, 2.75) is 12.5 Å². The number of benzene rings is 3. The molecule has 0 N–H and O–H groups in total. The number of hydrogen-bond donors (Lipinski definition) is 0. The molecule has 1 atom stereocenters. The zero-order valence-corrected chi connectivity index (χ0v) is 13.1. The van der Waals surface area contributed by atoms with Gasteiger partial charge in [-0.25, -0.2) is 0 Å². The first-order valence-electron chi connectivity index (χ1n) is 8.06. The van der Waals surface area contributed by atoms with Gasteiger partial charge in [0, 0.05) is 12.1 Å². The summed E-state index contributed by atoms with van der Waals surface area (Å²) < 4.78 is 0. The second kappa shape index (κ2) is 5.82. The highest BCUT2D eigenvalue weighted by Gasteiger charge is 2.37. The Morgan fingerprint density at radius 1 is 0.958 bits per heavy atom. The van der Waals surface area contributed by atoms with Crippen LogP contribution in [-0.4, -0.2) is 17.4 Å². The Bertz CT molecular complexity index is 956. The number of rotatable bonds is 3. The van der Waals surface area contributed by atoms with E-state index in [-0.39, 0.29) is 5.91 Å². The molecule has 1 aliphatic rings. The molecule has 24 heavy (non-hydrogen) atoms. The summed E-state index contributed by atoms with van der Waals surface area (Å²) in [7, 11) is 0. The smallest absolute Gasteiger partial charge is 0.256 e. The van der Waals surface area contributed by atoms with Crippen molar-refractivity contribution >= 4 is 16.7 Å². The number of amides is 1. The molecule has 0 bridgehead atoms. The average molecular weight is 312 g/mol. The molecule has 1 aliphatic heterocycles. The topological polar surface area (TPSA) is 44.1 Å². The molecule has 1 amide bonds. The van der Waals surface area contributed by atoms with Crippen molar-refractivity contribution in [1.29, 1.82) is 5.26 Å². The molecule has 0 saturated heterocycles. The Kier molecular flexibility index (Phi) is 3.51. The first-order chi connectivity index (χ1) is 11.8. The Morgan fingerprint density at radius 3 is 2.50 bits per heavy atom. The number of nitriles is 1. The highest BCUT2D eigenvalue weighted by molar-refractivity contribution is 6.11. The van der Waals surface area contributed by atoms with Crippen LogP contribution in [0.15, 0.2) is 66.7 Å². The van der Waals surface area contributed by atoms with Gasteiger partial charge in [0.2, 0.25) is 0 Å². The van der Waals surface area contributed by atoms with Crippen LogP contribution in [0, 0.1) is 11.3 Å². The SMILES string of the molecule is N#CC1c2ccc3ccccc3c2C(=O)N1CCc1ccccc1. The molecule has 0 aliphatic carbocycles. The Morgan fingerprint density at radius 2 is 1.71 bits per heavy atom. The molecule has 0 radical (unpaired) electrons. The fourth-order valence-corrected chi connectivity index (χ4v) is 3.45. The van der Waals surface area contributed by atoms with Crippen LogP contribution in [0.4, 0.5) is 0 Å². The lowest BCUT2D eigenvalue weighted by molar-refractivity contribution is 0.0761. The van der Waals surface area contributed by atoms with Crippen LogP contribution in [-0.2, 0) is 6.42 Å². The minimum absolute atomic E-state index is 0.0377. The molecule has 3 aromatic rings. The van der Waals surface area contributed by atoms with E-state index in [0.717, 1.165) is 22.8 Å². The van der Waals surface area contributed by atoms with Crippen LogP contribution in [0.2, 0.25) is 0 Å². The molecule has 3 heteroatoms. The zero-order valence-electron chi connectivity index (χ0n) is 13.1. The minimum Gasteiger partial charge on any atom is -0.318 e. The lowest BCUT2D eigenvalue weighted by Crippen LogP contribution is -2.29. The molecule has 0 spiro atoms. The molecule has 4 rings (SSSR count). The summed E-state index contributed by atoms with van der Waals surface area (Å²) in [6, 6.07) is 23.6. The van der Waals surface area contributed by atoms with E-state index >= 15 is 0 Å². The third-order valence-electron chi connectivity index (χ3n) is 4.65. The van der Waals surface area contributed by atoms with Crippen LogP contribution < -0.4 is 0 Å². The van der Waals surface area contributed by atoms with Gasteiger partial charge in [-0.05, 0) is 22.8 Å². The third-order valence-corrected chi connectivity index (χ3v) is 4.65. The van der Waals surface area contributed by atoms with E-state index in [9.17, 15) is 10.1 Å². The first kappa shape index (κ1) is 14.5. The summed E-state index contributed by atoms with van der Waals surface area (Å²) in [5.74, 6) is -0.0377. The number of nitrogens with zero attached hydrogens (tertiary/aromatic N) is 2. The van der Waals surface area contributed by atoms with Gasteiger partial charge in [0.15, 0.2) is 0 Å². The Balaban J connectivity index is 1.71. The fourth-order valence-electron chi connectivity index (χ4n) is 3.45. The molecule has 3 aromatic carbocycles. The molecular formula is C21H16N2O. The van der Waals surface area contributed by atoms with Crippen LogP contribution in [0.1, 0.15) is 27.5 Å². The van der Waals surface area contributed by atoms with Crippen molar-refractivity contribution in [3.63, 3.8) is 0 Å². The van der Waals surface area contributed by atoms with E-state index in [0.29, 0.717) is 12.1 Å². The molecule has 116 valence electrons. The van der Waals surface area contributed by atoms with E-state index in [1.54, 1.807) is 4.90 Å². The number of hydrogen-bond acceptors (Lipinski definition) is 2. The van der Waals surface area contributed by atoms with E-state index in [1.165, 1.54) is 5.56 Å².